The Hall–Kier alpha value is -4.10. The lowest BCUT2D eigenvalue weighted by atomic mass is 10.0. The van der Waals surface area contributed by atoms with Crippen LogP contribution in [-0.2, 0) is 0 Å². The van der Waals surface area contributed by atoms with Gasteiger partial charge in [-0.05, 0) is 25.1 Å². The van der Waals surface area contributed by atoms with Gasteiger partial charge in [-0.2, -0.15) is 5.43 Å². The van der Waals surface area contributed by atoms with E-state index in [-0.39, 0.29) is 5.56 Å². The number of hydrogen-bond acceptors (Lipinski definition) is 5. The summed E-state index contributed by atoms with van der Waals surface area (Å²) >= 11 is 0. The summed E-state index contributed by atoms with van der Waals surface area (Å²) < 4.78 is 0. The quantitative estimate of drug-likeness (QED) is 0.363. The average Bonchev–Trinajstić information content (AvgIpc) is 3.14. The molecule has 0 aliphatic carbocycles. The van der Waals surface area contributed by atoms with E-state index >= 15 is 0 Å². The maximum absolute atomic E-state index is 11.4. The molecule has 1 aliphatic rings. The number of rotatable bonds is 4. The van der Waals surface area contributed by atoms with Gasteiger partial charge in [0.2, 0.25) is 5.82 Å². The molecule has 0 unspecified atom stereocenters. The van der Waals surface area contributed by atoms with Gasteiger partial charge in [0.15, 0.2) is 0 Å². The first-order valence-corrected chi connectivity index (χ1v) is 9.47. The molecule has 146 valence electrons. The number of aromatic nitrogens is 2. The van der Waals surface area contributed by atoms with E-state index in [2.05, 4.69) is 15.4 Å². The summed E-state index contributed by atoms with van der Waals surface area (Å²) in [6, 6.07) is 16.9. The molecule has 0 bridgehead atoms. The van der Waals surface area contributed by atoms with Crippen LogP contribution in [0.15, 0.2) is 83.5 Å². The second-order valence-corrected chi connectivity index (χ2v) is 7.06. The number of pyridine rings is 2. The molecule has 0 saturated heterocycles. The summed E-state index contributed by atoms with van der Waals surface area (Å²) in [7, 11) is 0. The summed E-state index contributed by atoms with van der Waals surface area (Å²) in [5.74, 6) is 0.508. The lowest BCUT2D eigenvalue weighted by Crippen LogP contribution is -2.76. The van der Waals surface area contributed by atoms with Gasteiger partial charge in [0, 0.05) is 34.1 Å². The molecular formula is C23H18N5O2+. The third-order valence-electron chi connectivity index (χ3n) is 5.23. The Morgan fingerprint density at radius 3 is 2.67 bits per heavy atom. The summed E-state index contributed by atoms with van der Waals surface area (Å²) in [4.78, 5) is 20.4. The first-order chi connectivity index (χ1) is 14.6. The standard InChI is InChI=1S/C23H17N5O2/c1-13-20(14-5-3-2-4-6-14)27-28-21(13)26-22-17-9-10-24-12-18(17)16-8-7-15(23(29)30)11-19(16)25-22/h2-12H,1H3,(H,29,30)(H2,25,26,27,28)/p+1. The molecular weight excluding hydrogens is 378 g/mol. The zero-order valence-corrected chi connectivity index (χ0v) is 16.1. The molecule has 3 heterocycles. The van der Waals surface area contributed by atoms with Crippen molar-refractivity contribution in [3.63, 3.8) is 0 Å². The van der Waals surface area contributed by atoms with E-state index in [0.29, 0.717) is 11.3 Å². The van der Waals surface area contributed by atoms with Crippen molar-refractivity contribution in [2.75, 3.05) is 5.32 Å². The molecule has 0 amide bonds. The number of hydrogen-bond donors (Lipinski definition) is 3. The Morgan fingerprint density at radius 1 is 1.03 bits per heavy atom. The summed E-state index contributed by atoms with van der Waals surface area (Å²) in [6.45, 7) is 2.02. The van der Waals surface area contributed by atoms with Crippen molar-refractivity contribution >= 4 is 39.2 Å². The van der Waals surface area contributed by atoms with Gasteiger partial charge in [0.1, 0.15) is 11.5 Å². The third-order valence-corrected chi connectivity index (χ3v) is 5.23. The number of fused-ring (bicyclic) bond motifs is 3. The lowest BCUT2D eigenvalue weighted by Gasteiger charge is -2.11. The van der Waals surface area contributed by atoms with Crippen LogP contribution in [0.1, 0.15) is 22.8 Å². The molecule has 7 heteroatoms. The van der Waals surface area contributed by atoms with Crippen molar-refractivity contribution in [1.82, 2.24) is 9.97 Å². The van der Waals surface area contributed by atoms with Crippen molar-refractivity contribution in [2.24, 2.45) is 5.10 Å². The number of carboxylic acid groups (broad SMARTS) is 1. The van der Waals surface area contributed by atoms with Crippen LogP contribution in [0.3, 0.4) is 0 Å². The number of carboxylic acids is 1. The van der Waals surface area contributed by atoms with E-state index in [0.717, 1.165) is 38.8 Å². The highest BCUT2D eigenvalue weighted by molar-refractivity contribution is 6.14. The number of anilines is 1. The van der Waals surface area contributed by atoms with Gasteiger partial charge < -0.3 is 5.11 Å². The smallest absolute Gasteiger partial charge is 0.335 e. The van der Waals surface area contributed by atoms with Gasteiger partial charge in [0.25, 0.3) is 0 Å². The molecule has 0 atom stereocenters. The van der Waals surface area contributed by atoms with E-state index < -0.39 is 5.97 Å². The molecule has 4 N–H and O–H groups in total. The summed E-state index contributed by atoms with van der Waals surface area (Å²) in [5.41, 5.74) is 5.57. The largest absolute Gasteiger partial charge is 0.478 e. The molecule has 2 aromatic carbocycles. The number of aromatic carboxylic acids is 1. The maximum Gasteiger partial charge on any atom is 0.335 e. The number of allylic oxidation sites excluding steroid dienone is 1. The van der Waals surface area contributed by atoms with Gasteiger partial charge in [-0.25, -0.2) is 9.78 Å². The Kier molecular flexibility index (Phi) is 4.22. The minimum absolute atomic E-state index is 0.196. The van der Waals surface area contributed by atoms with Gasteiger partial charge in [-0.1, -0.05) is 41.5 Å². The maximum atomic E-state index is 11.4. The molecule has 0 saturated carbocycles. The molecule has 7 nitrogen and oxygen atoms in total. The number of nitrogens with zero attached hydrogens (tertiary/aromatic N) is 3. The van der Waals surface area contributed by atoms with Gasteiger partial charge in [0.05, 0.1) is 16.7 Å². The van der Waals surface area contributed by atoms with E-state index in [4.69, 9.17) is 4.98 Å². The van der Waals surface area contributed by atoms with Crippen LogP contribution in [0.4, 0.5) is 5.82 Å². The number of nitrogens with two attached hydrogens (primary N) is 1. The fourth-order valence-corrected chi connectivity index (χ4v) is 3.67. The van der Waals surface area contributed by atoms with Crippen LogP contribution in [0.5, 0.6) is 0 Å². The van der Waals surface area contributed by atoms with Gasteiger partial charge in [-0.15, -0.1) is 0 Å². The van der Waals surface area contributed by atoms with E-state index in [9.17, 15) is 9.90 Å². The number of nitrogens with one attached hydrogen (secondary N) is 1. The predicted octanol–water partition coefficient (Wildman–Crippen LogP) is 3.11. The molecule has 2 aromatic heterocycles. The second kappa shape index (κ2) is 7.06. The minimum atomic E-state index is -0.983. The van der Waals surface area contributed by atoms with Crippen LogP contribution < -0.4 is 10.7 Å². The first-order valence-electron chi connectivity index (χ1n) is 9.47. The van der Waals surface area contributed by atoms with Gasteiger partial charge >= 0.3 is 5.97 Å². The van der Waals surface area contributed by atoms with Crippen molar-refractivity contribution in [3.05, 3.63) is 89.5 Å². The number of benzene rings is 2. The van der Waals surface area contributed by atoms with E-state index in [1.54, 1.807) is 36.0 Å². The number of quaternary nitrogens is 1. The van der Waals surface area contributed by atoms with Gasteiger partial charge in [-0.3, -0.25) is 10.3 Å². The Morgan fingerprint density at radius 2 is 1.87 bits per heavy atom. The average molecular weight is 396 g/mol. The Bertz CT molecular complexity index is 1380. The highest BCUT2D eigenvalue weighted by Crippen LogP contribution is 2.30. The first kappa shape index (κ1) is 18.0. The summed E-state index contributed by atoms with van der Waals surface area (Å²) in [5, 5.41) is 20.0. The predicted molar refractivity (Wildman–Crippen MR) is 115 cm³/mol. The fraction of sp³-hybridized carbons (Fsp3) is 0.0435. The molecule has 4 aromatic rings. The zero-order valence-electron chi connectivity index (χ0n) is 16.1. The molecule has 0 spiro atoms. The molecule has 0 radical (unpaired) electrons. The van der Waals surface area contributed by atoms with Crippen LogP contribution in [-0.4, -0.2) is 26.8 Å². The monoisotopic (exact) mass is 396 g/mol. The fourth-order valence-electron chi connectivity index (χ4n) is 3.67. The van der Waals surface area contributed by atoms with E-state index in [1.807, 2.05) is 43.3 Å². The third kappa shape index (κ3) is 2.98. The zero-order chi connectivity index (χ0) is 20.7. The lowest BCUT2D eigenvalue weighted by molar-refractivity contribution is -0.607. The molecule has 5 rings (SSSR count). The molecule has 0 fully saturated rings. The van der Waals surface area contributed by atoms with Crippen molar-refractivity contribution in [1.29, 1.82) is 0 Å². The SMILES string of the molecule is CC1=C(Nc2nc3cc(C(=O)O)ccc3c3cnccc23)[NH2+]N=C1c1ccccc1. The van der Waals surface area contributed by atoms with Crippen molar-refractivity contribution < 1.29 is 15.3 Å². The summed E-state index contributed by atoms with van der Waals surface area (Å²) in [6.07, 6.45) is 3.49. The van der Waals surface area contributed by atoms with Crippen LogP contribution in [0.2, 0.25) is 0 Å². The second-order valence-electron chi connectivity index (χ2n) is 7.06. The van der Waals surface area contributed by atoms with Crippen LogP contribution >= 0.6 is 0 Å². The van der Waals surface area contributed by atoms with Crippen LogP contribution in [0.25, 0.3) is 21.7 Å². The van der Waals surface area contributed by atoms with E-state index in [1.165, 1.54) is 0 Å². The Balaban J connectivity index is 1.62. The van der Waals surface area contributed by atoms with Crippen LogP contribution in [0, 0.1) is 0 Å². The number of carbonyl (C=O) groups is 1. The Labute approximate surface area is 171 Å². The highest BCUT2D eigenvalue weighted by atomic mass is 16.4. The highest BCUT2D eigenvalue weighted by Gasteiger charge is 2.23. The van der Waals surface area contributed by atoms with Crippen molar-refractivity contribution in [3.8, 4) is 0 Å². The normalized spacial score (nSPS) is 13.7. The topological polar surface area (TPSA) is 104 Å². The molecule has 1 aliphatic heterocycles. The minimum Gasteiger partial charge on any atom is -0.478 e. The molecule has 30 heavy (non-hydrogen) atoms. The van der Waals surface area contributed by atoms with Crippen molar-refractivity contribution in [2.45, 2.75) is 6.92 Å².